The minimum atomic E-state index is -3.85. The summed E-state index contributed by atoms with van der Waals surface area (Å²) in [5, 5.41) is 4.03. The highest BCUT2D eigenvalue weighted by atomic mass is 32.2. The van der Waals surface area contributed by atoms with E-state index in [9.17, 15) is 13.2 Å². The first kappa shape index (κ1) is 19.5. The molecule has 0 fully saturated rings. The minimum absolute atomic E-state index is 0.205. The number of anilines is 1. The fourth-order valence-electron chi connectivity index (χ4n) is 4.03. The molecule has 6 heteroatoms. The fraction of sp³-hybridized carbons (Fsp3) is 0.0800. The Morgan fingerprint density at radius 2 is 1.32 bits per heavy atom. The third kappa shape index (κ3) is 3.50. The van der Waals surface area contributed by atoms with Crippen LogP contribution in [0.1, 0.15) is 21.5 Å². The van der Waals surface area contributed by atoms with Crippen molar-refractivity contribution in [1.82, 2.24) is 4.31 Å². The van der Waals surface area contributed by atoms with Gasteiger partial charge in [-0.15, -0.1) is 0 Å². The minimum Gasteiger partial charge on any atom is -0.321 e. The number of carbonyl (C=O) groups excluding carboxylic acids is 1. The van der Waals surface area contributed by atoms with Crippen molar-refractivity contribution < 1.29 is 13.2 Å². The Kier molecular flexibility index (Phi) is 4.81. The van der Waals surface area contributed by atoms with E-state index in [0.717, 1.165) is 11.1 Å². The lowest BCUT2D eigenvalue weighted by Gasteiger charge is -2.23. The second-order valence-electron chi connectivity index (χ2n) is 7.54. The van der Waals surface area contributed by atoms with Gasteiger partial charge in [0.05, 0.1) is 4.90 Å². The highest BCUT2D eigenvalue weighted by Gasteiger charge is 2.30. The first-order valence-electron chi connectivity index (χ1n) is 9.99. The Balaban J connectivity index is 1.64. The van der Waals surface area contributed by atoms with E-state index in [2.05, 4.69) is 5.32 Å². The van der Waals surface area contributed by atoms with Gasteiger partial charge in [0.25, 0.3) is 5.91 Å². The monoisotopic (exact) mass is 428 g/mol. The Hall–Kier alpha value is -3.48. The molecule has 4 aromatic carbocycles. The van der Waals surface area contributed by atoms with E-state index in [-0.39, 0.29) is 23.9 Å². The zero-order chi connectivity index (χ0) is 21.4. The van der Waals surface area contributed by atoms with E-state index < -0.39 is 10.0 Å². The summed E-state index contributed by atoms with van der Waals surface area (Å²) >= 11 is 0. The summed E-state index contributed by atoms with van der Waals surface area (Å²) in [6.45, 7) is 0.496. The van der Waals surface area contributed by atoms with E-state index in [1.165, 1.54) is 4.31 Å². The predicted octanol–water partition coefficient (Wildman–Crippen LogP) is 4.80. The third-order valence-electron chi connectivity index (χ3n) is 5.51. The van der Waals surface area contributed by atoms with Gasteiger partial charge in [-0.05, 0) is 29.3 Å². The van der Waals surface area contributed by atoms with Gasteiger partial charge in [0.15, 0.2) is 0 Å². The molecule has 0 bridgehead atoms. The van der Waals surface area contributed by atoms with Crippen LogP contribution in [0.4, 0.5) is 5.69 Å². The second kappa shape index (κ2) is 7.65. The van der Waals surface area contributed by atoms with Gasteiger partial charge in [0.1, 0.15) is 0 Å². The summed E-state index contributed by atoms with van der Waals surface area (Å²) in [4.78, 5) is 12.5. The maximum absolute atomic E-state index is 13.9. The number of nitrogens with zero attached hydrogens (tertiary/aromatic N) is 1. The zero-order valence-corrected chi connectivity index (χ0v) is 17.5. The highest BCUT2D eigenvalue weighted by molar-refractivity contribution is 7.89. The molecule has 0 radical (unpaired) electrons. The van der Waals surface area contributed by atoms with Crippen LogP contribution in [-0.2, 0) is 23.1 Å². The SMILES string of the molecule is O=C1Nc2ccc(S(=O)(=O)N(Cc3ccccc3)Cc3ccccc3)c3cccc1c23. The van der Waals surface area contributed by atoms with Crippen molar-refractivity contribution in [2.24, 2.45) is 0 Å². The van der Waals surface area contributed by atoms with Crippen LogP contribution in [0.15, 0.2) is 95.9 Å². The lowest BCUT2D eigenvalue weighted by Crippen LogP contribution is -2.30. The summed E-state index contributed by atoms with van der Waals surface area (Å²) in [5.41, 5.74) is 2.96. The van der Waals surface area contributed by atoms with Crippen LogP contribution in [-0.4, -0.2) is 18.6 Å². The van der Waals surface area contributed by atoms with Gasteiger partial charge in [0, 0.05) is 35.1 Å². The van der Waals surface area contributed by atoms with Gasteiger partial charge in [0.2, 0.25) is 10.0 Å². The predicted molar refractivity (Wildman–Crippen MR) is 121 cm³/mol. The van der Waals surface area contributed by atoms with Crippen LogP contribution in [0.25, 0.3) is 10.8 Å². The number of hydrogen-bond donors (Lipinski definition) is 1. The topological polar surface area (TPSA) is 66.5 Å². The van der Waals surface area contributed by atoms with Gasteiger partial charge in [-0.1, -0.05) is 72.8 Å². The third-order valence-corrected chi connectivity index (χ3v) is 7.36. The van der Waals surface area contributed by atoms with Crippen molar-refractivity contribution in [3.8, 4) is 0 Å². The van der Waals surface area contributed by atoms with Crippen molar-refractivity contribution in [2.75, 3.05) is 5.32 Å². The summed E-state index contributed by atoms with van der Waals surface area (Å²) in [5.74, 6) is -0.208. The fourth-order valence-corrected chi connectivity index (χ4v) is 5.63. The molecule has 1 aliphatic rings. The molecule has 5 rings (SSSR count). The molecule has 1 aliphatic heterocycles. The number of nitrogens with one attached hydrogen (secondary N) is 1. The van der Waals surface area contributed by atoms with Crippen LogP contribution in [0.3, 0.4) is 0 Å². The number of carbonyl (C=O) groups is 1. The van der Waals surface area contributed by atoms with E-state index in [0.29, 0.717) is 22.0 Å². The van der Waals surface area contributed by atoms with Gasteiger partial charge in [-0.25, -0.2) is 8.42 Å². The van der Waals surface area contributed by atoms with Crippen molar-refractivity contribution in [3.63, 3.8) is 0 Å². The van der Waals surface area contributed by atoms with Crippen molar-refractivity contribution in [3.05, 3.63) is 108 Å². The van der Waals surface area contributed by atoms with Crippen molar-refractivity contribution >= 4 is 32.4 Å². The molecular formula is C25H20N2O3S. The lowest BCUT2D eigenvalue weighted by molar-refractivity contribution is 0.103. The first-order valence-corrected chi connectivity index (χ1v) is 11.4. The average molecular weight is 429 g/mol. The molecule has 0 unspecified atom stereocenters. The van der Waals surface area contributed by atoms with Crippen LogP contribution in [0.5, 0.6) is 0 Å². The molecule has 0 saturated heterocycles. The van der Waals surface area contributed by atoms with Crippen molar-refractivity contribution in [1.29, 1.82) is 0 Å². The Labute approximate surface area is 181 Å². The maximum Gasteiger partial charge on any atom is 0.256 e. The number of hydrogen-bond acceptors (Lipinski definition) is 3. The molecule has 0 aromatic heterocycles. The van der Waals surface area contributed by atoms with E-state index in [1.807, 2.05) is 60.7 Å². The molecule has 4 aromatic rings. The van der Waals surface area contributed by atoms with E-state index in [4.69, 9.17) is 0 Å². The summed E-state index contributed by atoms with van der Waals surface area (Å²) < 4.78 is 29.3. The molecule has 1 heterocycles. The summed E-state index contributed by atoms with van der Waals surface area (Å²) in [6.07, 6.45) is 0. The normalized spacial score (nSPS) is 13.0. The molecule has 31 heavy (non-hydrogen) atoms. The molecule has 0 aliphatic carbocycles. The van der Waals surface area contributed by atoms with E-state index in [1.54, 1.807) is 30.3 Å². The summed E-state index contributed by atoms with van der Waals surface area (Å²) in [7, 11) is -3.85. The smallest absolute Gasteiger partial charge is 0.256 e. The molecule has 0 atom stereocenters. The lowest BCUT2D eigenvalue weighted by atomic mass is 10.1. The Morgan fingerprint density at radius 3 is 1.94 bits per heavy atom. The molecule has 0 spiro atoms. The van der Waals surface area contributed by atoms with E-state index >= 15 is 0 Å². The van der Waals surface area contributed by atoms with Crippen molar-refractivity contribution in [2.45, 2.75) is 18.0 Å². The Bertz CT molecular complexity index is 1340. The molecule has 1 N–H and O–H groups in total. The summed E-state index contributed by atoms with van der Waals surface area (Å²) in [6, 6.07) is 27.6. The van der Waals surface area contributed by atoms with Gasteiger partial charge in [-0.2, -0.15) is 4.31 Å². The maximum atomic E-state index is 13.9. The highest BCUT2D eigenvalue weighted by Crippen LogP contribution is 2.37. The molecule has 1 amide bonds. The average Bonchev–Trinajstić information content (AvgIpc) is 3.12. The zero-order valence-electron chi connectivity index (χ0n) is 16.7. The number of sulfonamides is 1. The van der Waals surface area contributed by atoms with Gasteiger partial charge < -0.3 is 5.32 Å². The standard InChI is InChI=1S/C25H20N2O3S/c28-25-21-13-7-12-20-23(15-14-22(26-25)24(20)21)31(29,30)27(16-18-8-3-1-4-9-18)17-19-10-5-2-6-11-19/h1-15H,16-17H2,(H,26,28). The van der Waals surface area contributed by atoms with Gasteiger partial charge >= 0.3 is 0 Å². The van der Waals surface area contributed by atoms with Crippen LogP contribution in [0, 0.1) is 0 Å². The van der Waals surface area contributed by atoms with Crippen LogP contribution >= 0.6 is 0 Å². The van der Waals surface area contributed by atoms with Crippen LogP contribution in [0.2, 0.25) is 0 Å². The van der Waals surface area contributed by atoms with Crippen LogP contribution < -0.4 is 5.32 Å². The number of benzene rings is 4. The molecule has 154 valence electrons. The largest absolute Gasteiger partial charge is 0.321 e. The Morgan fingerprint density at radius 1 is 0.710 bits per heavy atom. The second-order valence-corrected chi connectivity index (χ2v) is 9.44. The first-order chi connectivity index (χ1) is 15.0. The number of amides is 1. The molecule has 0 saturated carbocycles. The quantitative estimate of drug-likeness (QED) is 0.480. The number of rotatable bonds is 6. The molecule has 5 nitrogen and oxygen atoms in total. The molecular weight excluding hydrogens is 408 g/mol. The van der Waals surface area contributed by atoms with Gasteiger partial charge in [-0.3, -0.25) is 4.79 Å².